The lowest BCUT2D eigenvalue weighted by molar-refractivity contribution is -0.119. The summed E-state index contributed by atoms with van der Waals surface area (Å²) in [6.45, 7) is 2.10. The Morgan fingerprint density at radius 2 is 2.00 bits per heavy atom. The number of nitrogens with zero attached hydrogens (tertiary/aromatic N) is 1. The van der Waals surface area contributed by atoms with Gasteiger partial charge >= 0.3 is 0 Å². The fraction of sp³-hybridized carbons (Fsp3) is 0.632. The average molecular weight is 303 g/mol. The van der Waals surface area contributed by atoms with Crippen LogP contribution in [0.25, 0.3) is 0 Å². The molecule has 0 bridgehead atoms. The average Bonchev–Trinajstić information content (AvgIpc) is 2.54. The lowest BCUT2D eigenvalue weighted by atomic mass is 9.86. The van der Waals surface area contributed by atoms with E-state index in [1.54, 1.807) is 12.1 Å². The molecule has 0 aromatic heterocycles. The summed E-state index contributed by atoms with van der Waals surface area (Å²) in [4.78, 5) is 14.6. The Kier molecular flexibility index (Phi) is 4.80. The molecule has 1 atom stereocenters. The number of aryl methyl sites for hydroxylation is 1. The maximum absolute atomic E-state index is 13.4. The van der Waals surface area contributed by atoms with Crippen molar-refractivity contribution in [3.8, 4) is 0 Å². The van der Waals surface area contributed by atoms with Gasteiger partial charge in [0.05, 0.1) is 0 Å². The van der Waals surface area contributed by atoms with Crippen molar-refractivity contribution in [2.24, 2.45) is 5.92 Å². The molecule has 0 saturated heterocycles. The Bertz CT molecular complexity index is 536. The molecular weight excluding hydrogens is 277 g/mol. The molecule has 3 heteroatoms. The van der Waals surface area contributed by atoms with Gasteiger partial charge in [0, 0.05) is 18.2 Å². The van der Waals surface area contributed by atoms with Crippen molar-refractivity contribution < 1.29 is 9.18 Å². The molecule has 120 valence electrons. The summed E-state index contributed by atoms with van der Waals surface area (Å²) in [5.74, 6) is 0.735. The zero-order valence-corrected chi connectivity index (χ0v) is 13.5. The highest BCUT2D eigenvalue weighted by molar-refractivity contribution is 5.95. The summed E-state index contributed by atoms with van der Waals surface area (Å²) in [7, 11) is 0. The van der Waals surface area contributed by atoms with Crippen molar-refractivity contribution in [3.63, 3.8) is 0 Å². The zero-order chi connectivity index (χ0) is 15.5. The van der Waals surface area contributed by atoms with E-state index >= 15 is 0 Å². The molecule has 0 spiro atoms. The molecule has 1 amide bonds. The molecule has 2 aliphatic rings. The largest absolute Gasteiger partial charge is 0.309 e. The normalized spacial score (nSPS) is 22.5. The minimum absolute atomic E-state index is 0.206. The fourth-order valence-electron chi connectivity index (χ4n) is 4.02. The molecule has 0 radical (unpaired) electrons. The topological polar surface area (TPSA) is 20.3 Å². The molecule has 22 heavy (non-hydrogen) atoms. The number of anilines is 1. The number of rotatable bonds is 3. The van der Waals surface area contributed by atoms with Crippen LogP contribution in [0, 0.1) is 11.7 Å². The maximum atomic E-state index is 13.4. The van der Waals surface area contributed by atoms with Crippen molar-refractivity contribution in [1.82, 2.24) is 0 Å². The standard InChI is InChI=1S/C19H26FNO/c1-14-7-9-16-13-17(20)10-11-18(16)21(14)19(22)12-8-15-5-3-2-4-6-15/h10-11,13-15H,2-9,12H2,1H3/t14-/m1/s1. The van der Waals surface area contributed by atoms with Crippen molar-refractivity contribution in [1.29, 1.82) is 0 Å². The number of carbonyl (C=O) groups excluding carboxylic acids is 1. The van der Waals surface area contributed by atoms with Gasteiger partial charge in [-0.1, -0.05) is 32.1 Å². The van der Waals surface area contributed by atoms with Crippen LogP contribution in [-0.2, 0) is 11.2 Å². The van der Waals surface area contributed by atoms with Crippen LogP contribution in [0.3, 0.4) is 0 Å². The van der Waals surface area contributed by atoms with E-state index in [0.29, 0.717) is 6.42 Å². The second-order valence-electron chi connectivity index (χ2n) is 6.97. The smallest absolute Gasteiger partial charge is 0.227 e. The number of halogens is 1. The number of hydrogen-bond acceptors (Lipinski definition) is 1. The van der Waals surface area contributed by atoms with Crippen LogP contribution < -0.4 is 4.90 Å². The second kappa shape index (κ2) is 6.80. The first-order valence-corrected chi connectivity index (χ1v) is 8.75. The molecule has 0 N–H and O–H groups in total. The van der Waals surface area contributed by atoms with E-state index < -0.39 is 0 Å². The zero-order valence-electron chi connectivity index (χ0n) is 13.5. The lowest BCUT2D eigenvalue weighted by Crippen LogP contribution is -2.42. The molecule has 1 aliphatic carbocycles. The van der Waals surface area contributed by atoms with E-state index in [1.807, 2.05) is 4.90 Å². The highest BCUT2D eigenvalue weighted by Gasteiger charge is 2.28. The number of fused-ring (bicyclic) bond motifs is 1. The Morgan fingerprint density at radius 3 is 2.77 bits per heavy atom. The summed E-state index contributed by atoms with van der Waals surface area (Å²) in [5.41, 5.74) is 1.90. The van der Waals surface area contributed by atoms with Gasteiger partial charge in [0.25, 0.3) is 0 Å². The van der Waals surface area contributed by atoms with Gasteiger partial charge in [-0.25, -0.2) is 4.39 Å². The number of amides is 1. The van der Waals surface area contributed by atoms with Gasteiger partial charge in [-0.2, -0.15) is 0 Å². The van der Waals surface area contributed by atoms with E-state index in [2.05, 4.69) is 6.92 Å². The fourth-order valence-corrected chi connectivity index (χ4v) is 4.02. The quantitative estimate of drug-likeness (QED) is 0.781. The van der Waals surface area contributed by atoms with Crippen molar-refractivity contribution in [2.75, 3.05) is 4.90 Å². The first-order chi connectivity index (χ1) is 10.6. The Morgan fingerprint density at radius 1 is 1.23 bits per heavy atom. The van der Waals surface area contributed by atoms with E-state index in [-0.39, 0.29) is 17.8 Å². The van der Waals surface area contributed by atoms with Gasteiger partial charge in [-0.05, 0) is 55.9 Å². The van der Waals surface area contributed by atoms with Gasteiger partial charge < -0.3 is 4.90 Å². The highest BCUT2D eigenvalue weighted by Crippen LogP contribution is 2.33. The van der Waals surface area contributed by atoms with Crippen LogP contribution >= 0.6 is 0 Å². The van der Waals surface area contributed by atoms with Crippen LogP contribution in [0.4, 0.5) is 10.1 Å². The predicted octanol–water partition coefficient (Wildman–Crippen LogP) is 4.85. The van der Waals surface area contributed by atoms with Crippen LogP contribution in [0.5, 0.6) is 0 Å². The van der Waals surface area contributed by atoms with E-state index in [9.17, 15) is 9.18 Å². The second-order valence-corrected chi connectivity index (χ2v) is 6.97. The third-order valence-electron chi connectivity index (χ3n) is 5.33. The van der Waals surface area contributed by atoms with Crippen LogP contribution in [0.1, 0.15) is 63.9 Å². The molecule has 0 unspecified atom stereocenters. The minimum Gasteiger partial charge on any atom is -0.309 e. The molecule has 1 heterocycles. The number of carbonyl (C=O) groups is 1. The van der Waals surface area contributed by atoms with Crippen LogP contribution in [0.15, 0.2) is 18.2 Å². The summed E-state index contributed by atoms with van der Waals surface area (Å²) in [6.07, 6.45) is 9.99. The monoisotopic (exact) mass is 303 g/mol. The first kappa shape index (κ1) is 15.5. The summed E-state index contributed by atoms with van der Waals surface area (Å²) >= 11 is 0. The number of benzene rings is 1. The predicted molar refractivity (Wildman–Crippen MR) is 87.5 cm³/mol. The Labute approximate surface area is 132 Å². The van der Waals surface area contributed by atoms with Crippen molar-refractivity contribution >= 4 is 11.6 Å². The number of hydrogen-bond donors (Lipinski definition) is 0. The highest BCUT2D eigenvalue weighted by atomic mass is 19.1. The Hall–Kier alpha value is -1.38. The van der Waals surface area contributed by atoms with Crippen LogP contribution in [0.2, 0.25) is 0 Å². The van der Waals surface area contributed by atoms with Gasteiger partial charge in [0.1, 0.15) is 5.82 Å². The van der Waals surface area contributed by atoms with Crippen LogP contribution in [-0.4, -0.2) is 11.9 Å². The van der Waals surface area contributed by atoms with Gasteiger partial charge in [0.15, 0.2) is 0 Å². The molecule has 1 fully saturated rings. The first-order valence-electron chi connectivity index (χ1n) is 8.75. The van der Waals surface area contributed by atoms with E-state index in [4.69, 9.17) is 0 Å². The molecule has 3 rings (SSSR count). The van der Waals surface area contributed by atoms with E-state index in [0.717, 1.165) is 36.4 Å². The Balaban J connectivity index is 1.68. The van der Waals surface area contributed by atoms with Gasteiger partial charge in [-0.15, -0.1) is 0 Å². The summed E-state index contributed by atoms with van der Waals surface area (Å²) in [6, 6.07) is 5.05. The molecule has 2 nitrogen and oxygen atoms in total. The lowest BCUT2D eigenvalue weighted by Gasteiger charge is -2.36. The van der Waals surface area contributed by atoms with Gasteiger partial charge in [0.2, 0.25) is 5.91 Å². The molecule has 1 aliphatic heterocycles. The third kappa shape index (κ3) is 3.34. The maximum Gasteiger partial charge on any atom is 0.227 e. The molecular formula is C19H26FNO. The van der Waals surface area contributed by atoms with E-state index in [1.165, 1.54) is 38.2 Å². The molecule has 1 aromatic carbocycles. The summed E-state index contributed by atoms with van der Waals surface area (Å²) < 4.78 is 13.4. The van der Waals surface area contributed by atoms with Gasteiger partial charge in [-0.3, -0.25) is 4.79 Å². The third-order valence-corrected chi connectivity index (χ3v) is 5.33. The molecule has 1 saturated carbocycles. The minimum atomic E-state index is -0.206. The SMILES string of the molecule is C[C@@H]1CCc2cc(F)ccc2N1C(=O)CCC1CCCCC1. The van der Waals surface area contributed by atoms with Crippen molar-refractivity contribution in [3.05, 3.63) is 29.6 Å². The molecule has 1 aromatic rings. The van der Waals surface area contributed by atoms with Crippen molar-refractivity contribution in [2.45, 2.75) is 70.8 Å². The summed E-state index contributed by atoms with van der Waals surface area (Å²) in [5, 5.41) is 0.